The number of ketones is 1. The normalized spacial score (nSPS) is 13.1. The highest BCUT2D eigenvalue weighted by Crippen LogP contribution is 2.33. The third kappa shape index (κ3) is 5.17. The van der Waals surface area contributed by atoms with Crippen molar-refractivity contribution >= 4 is 29.0 Å². The Labute approximate surface area is 215 Å². The van der Waals surface area contributed by atoms with E-state index in [-0.39, 0.29) is 30.9 Å². The number of nitrogens with zero attached hydrogens (tertiary/aromatic N) is 3. The van der Waals surface area contributed by atoms with Crippen LogP contribution in [-0.2, 0) is 11.3 Å². The number of carbonyl (C=O) groups excluding carboxylic acids is 2. The second kappa shape index (κ2) is 10.4. The van der Waals surface area contributed by atoms with E-state index < -0.39 is 23.0 Å². The second-order valence-electron chi connectivity index (χ2n) is 8.49. The molecule has 0 unspecified atom stereocenters. The van der Waals surface area contributed by atoms with Gasteiger partial charge in [-0.2, -0.15) is 0 Å². The molecule has 0 aliphatic carbocycles. The molecule has 188 valence electrons. The van der Waals surface area contributed by atoms with Gasteiger partial charge in [-0.1, -0.05) is 24.0 Å². The van der Waals surface area contributed by atoms with Gasteiger partial charge in [0.1, 0.15) is 5.56 Å². The highest BCUT2D eigenvalue weighted by atomic mass is 19.2. The van der Waals surface area contributed by atoms with E-state index in [0.717, 1.165) is 17.7 Å². The summed E-state index contributed by atoms with van der Waals surface area (Å²) >= 11 is 0. The van der Waals surface area contributed by atoms with Crippen molar-refractivity contribution in [1.82, 2.24) is 19.5 Å². The van der Waals surface area contributed by atoms with E-state index in [4.69, 9.17) is 0 Å². The fourth-order valence-corrected chi connectivity index (χ4v) is 3.98. The zero-order valence-corrected chi connectivity index (χ0v) is 19.8. The molecule has 10 heteroatoms. The van der Waals surface area contributed by atoms with Crippen LogP contribution in [0.25, 0.3) is 11.6 Å². The summed E-state index contributed by atoms with van der Waals surface area (Å²) in [6.45, 7) is -0.0579. The number of Topliss-reactive ketones (excluding diaryl/α,β-unsaturated/α-hetero) is 1. The molecule has 0 radical (unpaired) electrons. The van der Waals surface area contributed by atoms with E-state index >= 15 is 0 Å². The van der Waals surface area contributed by atoms with Crippen LogP contribution in [0.15, 0.2) is 66.2 Å². The quantitative estimate of drug-likeness (QED) is 0.233. The highest BCUT2D eigenvalue weighted by Gasteiger charge is 2.24. The van der Waals surface area contributed by atoms with Gasteiger partial charge in [-0.05, 0) is 35.9 Å². The van der Waals surface area contributed by atoms with Crippen molar-refractivity contribution in [3.63, 3.8) is 0 Å². The molecule has 4 aromatic rings. The molecule has 0 saturated carbocycles. The Balaban J connectivity index is 1.24. The van der Waals surface area contributed by atoms with Crippen molar-refractivity contribution < 1.29 is 18.4 Å². The Bertz CT molecular complexity index is 1710. The Morgan fingerprint density at radius 3 is 2.71 bits per heavy atom. The van der Waals surface area contributed by atoms with Crippen molar-refractivity contribution in [2.45, 2.75) is 19.4 Å². The molecule has 3 heterocycles. The van der Waals surface area contributed by atoms with E-state index in [0.29, 0.717) is 28.1 Å². The van der Waals surface area contributed by atoms with Crippen LogP contribution in [0.5, 0.6) is 0 Å². The number of aromatic nitrogens is 4. The first kappa shape index (κ1) is 24.5. The third-order valence-corrected chi connectivity index (χ3v) is 5.87. The lowest BCUT2D eigenvalue weighted by atomic mass is 10.0. The van der Waals surface area contributed by atoms with Gasteiger partial charge in [0.25, 0.3) is 11.5 Å². The molecule has 2 N–H and O–H groups in total. The van der Waals surface area contributed by atoms with Gasteiger partial charge in [-0.25, -0.2) is 18.7 Å². The summed E-state index contributed by atoms with van der Waals surface area (Å²) in [6.07, 6.45) is 7.49. The van der Waals surface area contributed by atoms with E-state index in [1.807, 2.05) is 0 Å². The number of nitrogens with one attached hydrogen (secondary N) is 2. The number of halogens is 2. The average Bonchev–Trinajstić information content (AvgIpc) is 3.53. The molecule has 0 saturated heterocycles. The Hall–Kier alpha value is -5.17. The first-order valence-electron chi connectivity index (χ1n) is 11.6. The smallest absolute Gasteiger partial charge is 0.264 e. The summed E-state index contributed by atoms with van der Waals surface area (Å²) in [4.78, 5) is 48.6. The highest BCUT2D eigenvalue weighted by molar-refractivity contribution is 6.34. The molecule has 38 heavy (non-hydrogen) atoms. The van der Waals surface area contributed by atoms with Crippen LogP contribution in [0.2, 0.25) is 0 Å². The standard InChI is InChI=1S/C28H19F2N5O3/c29-23-8-6-18(9-24(23)30)14-35-16-32-13-22(28(35)38)26(36)4-2-1-3-17-5-7-20-21(11-19-12-31-15-33-19)27(37)34-25(20)10-17/h5-13,15-16H,2,4,14H2,(H,31,33)(H,34,37)/b21-11-. The van der Waals surface area contributed by atoms with E-state index in [1.165, 1.54) is 29.5 Å². The number of rotatable bonds is 6. The number of anilines is 1. The van der Waals surface area contributed by atoms with E-state index in [9.17, 15) is 23.2 Å². The summed E-state index contributed by atoms with van der Waals surface area (Å²) in [7, 11) is 0. The zero-order valence-electron chi connectivity index (χ0n) is 19.8. The van der Waals surface area contributed by atoms with E-state index in [1.54, 1.807) is 30.5 Å². The molecule has 0 spiro atoms. The van der Waals surface area contributed by atoms with Gasteiger partial charge >= 0.3 is 0 Å². The molecule has 5 rings (SSSR count). The van der Waals surface area contributed by atoms with Gasteiger partial charge in [0.2, 0.25) is 0 Å². The lowest BCUT2D eigenvalue weighted by molar-refractivity contribution is -0.110. The molecule has 1 aliphatic heterocycles. The number of fused-ring (bicyclic) bond motifs is 1. The minimum atomic E-state index is -1.02. The first-order valence-corrected chi connectivity index (χ1v) is 11.6. The predicted molar refractivity (Wildman–Crippen MR) is 136 cm³/mol. The molecule has 1 amide bonds. The van der Waals surface area contributed by atoms with Gasteiger partial charge in [-0.3, -0.25) is 19.0 Å². The largest absolute Gasteiger partial charge is 0.345 e. The molecular weight excluding hydrogens is 492 g/mol. The van der Waals surface area contributed by atoms with E-state index in [2.05, 4.69) is 32.1 Å². The van der Waals surface area contributed by atoms with Crippen LogP contribution >= 0.6 is 0 Å². The van der Waals surface area contributed by atoms with Gasteiger partial charge in [0, 0.05) is 30.2 Å². The second-order valence-corrected chi connectivity index (χ2v) is 8.49. The first-order chi connectivity index (χ1) is 18.4. The van der Waals surface area contributed by atoms with Crippen LogP contribution < -0.4 is 10.9 Å². The summed E-state index contributed by atoms with van der Waals surface area (Å²) < 4.78 is 27.8. The lowest BCUT2D eigenvalue weighted by Gasteiger charge is -2.07. The number of hydrogen-bond acceptors (Lipinski definition) is 5. The maximum atomic E-state index is 13.5. The van der Waals surface area contributed by atoms with Crippen molar-refractivity contribution in [2.24, 2.45) is 0 Å². The maximum Gasteiger partial charge on any atom is 0.264 e. The Morgan fingerprint density at radius 2 is 1.92 bits per heavy atom. The number of aromatic amines is 1. The number of carbonyl (C=O) groups is 2. The van der Waals surface area contributed by atoms with Crippen molar-refractivity contribution in [3.8, 4) is 11.8 Å². The summed E-state index contributed by atoms with van der Waals surface area (Å²) in [5.74, 6) is 3.23. The van der Waals surface area contributed by atoms with Crippen molar-refractivity contribution in [3.05, 3.63) is 111 Å². The predicted octanol–water partition coefficient (Wildman–Crippen LogP) is 3.80. The minimum absolute atomic E-state index is 0.00213. The number of imidazole rings is 1. The number of benzene rings is 2. The average molecular weight is 511 g/mol. The Kier molecular flexibility index (Phi) is 6.74. The Morgan fingerprint density at radius 1 is 1.05 bits per heavy atom. The maximum absolute atomic E-state index is 13.5. The molecule has 8 nitrogen and oxygen atoms in total. The van der Waals surface area contributed by atoms with Gasteiger partial charge in [0.05, 0.1) is 42.4 Å². The van der Waals surface area contributed by atoms with Crippen LogP contribution in [0.3, 0.4) is 0 Å². The molecule has 0 bridgehead atoms. The summed E-state index contributed by atoms with van der Waals surface area (Å²) in [5.41, 5.74) is 2.96. The van der Waals surface area contributed by atoms with Crippen LogP contribution in [0, 0.1) is 23.5 Å². The number of H-pyrrole nitrogens is 1. The zero-order chi connectivity index (χ0) is 26.6. The topological polar surface area (TPSA) is 110 Å². The van der Waals surface area contributed by atoms with Gasteiger partial charge < -0.3 is 10.3 Å². The molecule has 2 aromatic carbocycles. The number of hydrogen-bond donors (Lipinski definition) is 2. The molecule has 0 fully saturated rings. The molecule has 2 aromatic heterocycles. The lowest BCUT2D eigenvalue weighted by Crippen LogP contribution is -2.27. The number of amides is 1. The fourth-order valence-electron chi connectivity index (χ4n) is 3.98. The third-order valence-electron chi connectivity index (χ3n) is 5.87. The van der Waals surface area contributed by atoms with Crippen molar-refractivity contribution in [2.75, 3.05) is 5.32 Å². The van der Waals surface area contributed by atoms with Crippen LogP contribution in [0.1, 0.15) is 45.6 Å². The van der Waals surface area contributed by atoms with Crippen molar-refractivity contribution in [1.29, 1.82) is 0 Å². The molecule has 1 aliphatic rings. The monoisotopic (exact) mass is 511 g/mol. The molecule has 0 atom stereocenters. The van der Waals surface area contributed by atoms with Gasteiger partial charge in [0.15, 0.2) is 17.4 Å². The molecular formula is C28H19F2N5O3. The summed E-state index contributed by atoms with van der Waals surface area (Å²) in [5, 5.41) is 2.82. The van der Waals surface area contributed by atoms with Gasteiger partial charge in [-0.15, -0.1) is 0 Å². The fraction of sp³-hybridized carbons (Fsp3) is 0.107. The summed E-state index contributed by atoms with van der Waals surface area (Å²) in [6, 6.07) is 8.67. The van der Waals surface area contributed by atoms with Crippen LogP contribution in [-0.4, -0.2) is 31.2 Å². The van der Waals surface area contributed by atoms with Crippen LogP contribution in [0.4, 0.5) is 14.5 Å². The minimum Gasteiger partial charge on any atom is -0.345 e. The SMILES string of the molecule is O=C1Nc2cc(C#CCCC(=O)c3cncn(Cc4ccc(F)c(F)c4)c3=O)ccc2/C1=C/c1cnc[nH]1.